The lowest BCUT2D eigenvalue weighted by Crippen LogP contribution is -2.46. The van der Waals surface area contributed by atoms with Crippen LogP contribution >= 0.6 is 0 Å². The average molecular weight is 217 g/mol. The Balaban J connectivity index is 1.82. The summed E-state index contributed by atoms with van der Waals surface area (Å²) in [4.78, 5) is 6.63. The van der Waals surface area contributed by atoms with Crippen LogP contribution < -0.4 is 10.5 Å². The first-order valence-corrected chi connectivity index (χ1v) is 5.64. The molecular weight excluding hydrogens is 202 g/mol. The van der Waals surface area contributed by atoms with Crippen molar-refractivity contribution in [2.75, 3.05) is 19.7 Å². The summed E-state index contributed by atoms with van der Waals surface area (Å²) < 4.78 is 5.56. The molecule has 1 fully saturated rings. The van der Waals surface area contributed by atoms with Crippen LogP contribution in [0.15, 0.2) is 29.3 Å². The molecule has 0 saturated carbocycles. The molecule has 2 aliphatic heterocycles. The Labute approximate surface area is 94.7 Å². The summed E-state index contributed by atoms with van der Waals surface area (Å²) in [6.45, 7) is 2.67. The van der Waals surface area contributed by atoms with Gasteiger partial charge in [0.2, 0.25) is 0 Å². The van der Waals surface area contributed by atoms with Crippen molar-refractivity contribution in [3.63, 3.8) is 0 Å². The van der Waals surface area contributed by atoms with E-state index < -0.39 is 0 Å². The maximum Gasteiger partial charge on any atom is 0.191 e. The van der Waals surface area contributed by atoms with E-state index in [4.69, 9.17) is 10.5 Å². The van der Waals surface area contributed by atoms with Crippen LogP contribution in [0.1, 0.15) is 18.0 Å². The van der Waals surface area contributed by atoms with Gasteiger partial charge in [-0.15, -0.1) is 0 Å². The van der Waals surface area contributed by atoms with Gasteiger partial charge in [-0.2, -0.15) is 0 Å². The van der Waals surface area contributed by atoms with E-state index in [2.05, 4.69) is 16.0 Å². The van der Waals surface area contributed by atoms with Crippen LogP contribution in [0.25, 0.3) is 0 Å². The van der Waals surface area contributed by atoms with Gasteiger partial charge in [0.25, 0.3) is 0 Å². The lowest BCUT2D eigenvalue weighted by Gasteiger charge is -2.32. The molecule has 2 N–H and O–H groups in total. The molecule has 0 amide bonds. The summed E-state index contributed by atoms with van der Waals surface area (Å²) in [5, 5.41) is 0. The zero-order valence-electron chi connectivity index (χ0n) is 9.10. The van der Waals surface area contributed by atoms with Gasteiger partial charge in [-0.25, -0.2) is 4.99 Å². The first-order valence-electron chi connectivity index (χ1n) is 5.64. The van der Waals surface area contributed by atoms with Crippen LogP contribution in [0.3, 0.4) is 0 Å². The Morgan fingerprint density at radius 3 is 2.94 bits per heavy atom. The van der Waals surface area contributed by atoms with Gasteiger partial charge >= 0.3 is 0 Å². The third-order valence-electron chi connectivity index (χ3n) is 3.14. The lowest BCUT2D eigenvalue weighted by molar-refractivity contribution is 0.290. The smallest absolute Gasteiger partial charge is 0.191 e. The normalized spacial score (nSPS) is 23.6. The predicted molar refractivity (Wildman–Crippen MR) is 62.5 cm³/mol. The van der Waals surface area contributed by atoms with Crippen LogP contribution in [0, 0.1) is 0 Å². The largest absolute Gasteiger partial charge is 0.491 e. The zero-order valence-corrected chi connectivity index (χ0v) is 9.10. The Kier molecular flexibility index (Phi) is 2.20. The molecule has 16 heavy (non-hydrogen) atoms. The summed E-state index contributed by atoms with van der Waals surface area (Å²) in [7, 11) is 0. The molecular formula is C12H15N3O. The molecule has 4 nitrogen and oxygen atoms in total. The molecule has 1 atom stereocenters. The number of fused-ring (bicyclic) bond motifs is 1. The first kappa shape index (κ1) is 9.51. The van der Waals surface area contributed by atoms with E-state index in [-0.39, 0.29) is 6.04 Å². The molecule has 2 aliphatic rings. The number of rotatable bonds is 1. The Morgan fingerprint density at radius 1 is 1.38 bits per heavy atom. The number of ether oxygens (including phenoxy) is 1. The highest BCUT2D eigenvalue weighted by Crippen LogP contribution is 2.34. The molecule has 2 heterocycles. The van der Waals surface area contributed by atoms with E-state index in [0.717, 1.165) is 24.4 Å². The summed E-state index contributed by atoms with van der Waals surface area (Å²) in [5.41, 5.74) is 7.08. The monoisotopic (exact) mass is 217 g/mol. The second-order valence-corrected chi connectivity index (χ2v) is 4.19. The molecule has 0 bridgehead atoms. The number of hydrogen-bond donors (Lipinski definition) is 1. The van der Waals surface area contributed by atoms with E-state index in [1.807, 2.05) is 18.2 Å². The molecule has 4 heteroatoms. The average Bonchev–Trinajstić information content (AvgIpc) is 2.59. The van der Waals surface area contributed by atoms with Crippen molar-refractivity contribution in [2.45, 2.75) is 12.5 Å². The van der Waals surface area contributed by atoms with Crippen molar-refractivity contribution in [1.82, 2.24) is 4.90 Å². The summed E-state index contributed by atoms with van der Waals surface area (Å²) in [6.07, 6.45) is 1.22. The minimum Gasteiger partial charge on any atom is -0.491 e. The van der Waals surface area contributed by atoms with Gasteiger partial charge in [-0.1, -0.05) is 18.2 Å². The molecule has 0 radical (unpaired) electrons. The third-order valence-corrected chi connectivity index (χ3v) is 3.14. The highest BCUT2D eigenvalue weighted by atomic mass is 16.5. The van der Waals surface area contributed by atoms with E-state index >= 15 is 0 Å². The number of guanidine groups is 1. The molecule has 3 rings (SSSR count). The molecule has 0 aromatic heterocycles. The zero-order chi connectivity index (χ0) is 11.0. The van der Waals surface area contributed by atoms with Crippen molar-refractivity contribution in [3.05, 3.63) is 29.8 Å². The van der Waals surface area contributed by atoms with E-state index in [9.17, 15) is 0 Å². The SMILES string of the molecule is NC(=NC1COc2ccccc21)N1CCC1. The highest BCUT2D eigenvalue weighted by molar-refractivity contribution is 5.79. The summed E-state index contributed by atoms with van der Waals surface area (Å²) >= 11 is 0. The van der Waals surface area contributed by atoms with Crippen LogP contribution in [0.5, 0.6) is 5.75 Å². The van der Waals surface area contributed by atoms with Gasteiger partial charge in [0.15, 0.2) is 5.96 Å². The van der Waals surface area contributed by atoms with Gasteiger partial charge in [0.1, 0.15) is 18.4 Å². The number of nitrogens with two attached hydrogens (primary N) is 1. The number of para-hydroxylation sites is 1. The van der Waals surface area contributed by atoms with Crippen LogP contribution in [0.4, 0.5) is 0 Å². The Morgan fingerprint density at radius 2 is 2.19 bits per heavy atom. The highest BCUT2D eigenvalue weighted by Gasteiger charge is 2.25. The molecule has 0 spiro atoms. The minimum absolute atomic E-state index is 0.0665. The van der Waals surface area contributed by atoms with Crippen molar-refractivity contribution in [1.29, 1.82) is 0 Å². The topological polar surface area (TPSA) is 50.9 Å². The Hall–Kier alpha value is -1.71. The van der Waals surface area contributed by atoms with Gasteiger partial charge in [-0.05, 0) is 12.5 Å². The summed E-state index contributed by atoms with van der Waals surface area (Å²) in [6, 6.07) is 8.08. The second kappa shape index (κ2) is 3.70. The van der Waals surface area contributed by atoms with Gasteiger partial charge in [0, 0.05) is 18.7 Å². The maximum absolute atomic E-state index is 5.94. The minimum atomic E-state index is 0.0665. The fraction of sp³-hybridized carbons (Fsp3) is 0.417. The van der Waals surface area contributed by atoms with Crippen LogP contribution in [0.2, 0.25) is 0 Å². The maximum atomic E-state index is 5.94. The number of aliphatic imine (C=N–C) groups is 1. The molecule has 1 unspecified atom stereocenters. The predicted octanol–water partition coefficient (Wildman–Crippen LogP) is 1.14. The van der Waals surface area contributed by atoms with Crippen LogP contribution in [-0.4, -0.2) is 30.6 Å². The van der Waals surface area contributed by atoms with Crippen molar-refractivity contribution in [2.24, 2.45) is 10.7 Å². The fourth-order valence-electron chi connectivity index (χ4n) is 2.04. The molecule has 1 aromatic rings. The fourth-order valence-corrected chi connectivity index (χ4v) is 2.04. The van der Waals surface area contributed by atoms with E-state index in [1.54, 1.807) is 0 Å². The van der Waals surface area contributed by atoms with Crippen molar-refractivity contribution in [3.8, 4) is 5.75 Å². The number of hydrogen-bond acceptors (Lipinski definition) is 2. The first-order chi connectivity index (χ1) is 7.84. The molecule has 1 aromatic carbocycles. The van der Waals surface area contributed by atoms with Crippen molar-refractivity contribution >= 4 is 5.96 Å². The van der Waals surface area contributed by atoms with Crippen molar-refractivity contribution < 1.29 is 4.74 Å². The number of benzene rings is 1. The number of nitrogens with zero attached hydrogens (tertiary/aromatic N) is 2. The molecule has 84 valence electrons. The number of likely N-dealkylation sites (tertiary alicyclic amines) is 1. The molecule has 1 saturated heterocycles. The molecule has 0 aliphatic carbocycles. The Bertz CT molecular complexity index is 426. The van der Waals surface area contributed by atoms with Gasteiger partial charge in [-0.3, -0.25) is 0 Å². The van der Waals surface area contributed by atoms with E-state index in [1.165, 1.54) is 6.42 Å². The standard InChI is InChI=1S/C12H15N3O/c13-12(15-6-3-7-15)14-10-8-16-11-5-2-1-4-9(10)11/h1-2,4-5,10H,3,6-8H2,(H2,13,14). The van der Waals surface area contributed by atoms with Crippen LogP contribution in [-0.2, 0) is 0 Å². The van der Waals surface area contributed by atoms with Gasteiger partial charge < -0.3 is 15.4 Å². The second-order valence-electron chi connectivity index (χ2n) is 4.19. The third kappa shape index (κ3) is 1.50. The summed E-state index contributed by atoms with van der Waals surface area (Å²) in [5.74, 6) is 1.59. The van der Waals surface area contributed by atoms with Gasteiger partial charge in [0.05, 0.1) is 0 Å². The van der Waals surface area contributed by atoms with E-state index in [0.29, 0.717) is 12.6 Å². The quantitative estimate of drug-likeness (QED) is 0.567. The lowest BCUT2D eigenvalue weighted by atomic mass is 10.1.